The number of cyclic esters (lactones) is 1. The number of carbonyl (C=O) groups is 2. The highest BCUT2D eigenvalue weighted by Gasteiger charge is 2.32. The van der Waals surface area contributed by atoms with E-state index < -0.39 is 22.9 Å². The predicted octanol–water partition coefficient (Wildman–Crippen LogP) is 2.80. The van der Waals surface area contributed by atoms with Crippen molar-refractivity contribution in [3.05, 3.63) is 40.3 Å². The van der Waals surface area contributed by atoms with Crippen LogP contribution in [0.5, 0.6) is 0 Å². The van der Waals surface area contributed by atoms with Crippen molar-refractivity contribution in [3.63, 3.8) is 0 Å². The fourth-order valence-corrected chi connectivity index (χ4v) is 4.05. The van der Waals surface area contributed by atoms with Gasteiger partial charge in [0, 0.05) is 6.92 Å². The zero-order valence-corrected chi connectivity index (χ0v) is 15.5. The molecule has 0 aliphatic carbocycles. The summed E-state index contributed by atoms with van der Waals surface area (Å²) in [4.78, 5) is 38.4. The van der Waals surface area contributed by atoms with Gasteiger partial charge in [-0.2, -0.15) is 0 Å². The Morgan fingerprint density at radius 3 is 3.00 bits per heavy atom. The summed E-state index contributed by atoms with van der Waals surface area (Å²) in [5.74, 6) is -0.826. The number of nitro groups is 1. The highest BCUT2D eigenvalue weighted by molar-refractivity contribution is 8.01. The van der Waals surface area contributed by atoms with Gasteiger partial charge in [0.2, 0.25) is 5.91 Å². The van der Waals surface area contributed by atoms with Crippen LogP contribution < -0.4 is 10.2 Å². The Kier molecular flexibility index (Phi) is 5.56. The number of hydrogen-bond acceptors (Lipinski definition) is 8. The number of aromatic nitrogens is 1. The number of anilines is 1. The van der Waals surface area contributed by atoms with Crippen LogP contribution in [-0.4, -0.2) is 41.1 Å². The van der Waals surface area contributed by atoms with Crippen molar-refractivity contribution < 1.29 is 23.6 Å². The zero-order chi connectivity index (χ0) is 19.6. The van der Waals surface area contributed by atoms with Crippen LogP contribution in [0.4, 0.5) is 19.9 Å². The predicted molar refractivity (Wildman–Crippen MR) is 95.6 cm³/mol. The first-order chi connectivity index (χ1) is 12.8. The van der Waals surface area contributed by atoms with Crippen LogP contribution in [-0.2, 0) is 9.53 Å². The molecule has 2 amide bonds. The normalized spacial score (nSPS) is 16.3. The molecule has 0 saturated carbocycles. The van der Waals surface area contributed by atoms with E-state index in [9.17, 15) is 24.1 Å². The molecule has 1 N–H and O–H groups in total. The molecule has 2 heterocycles. The monoisotopic (exact) mass is 412 g/mol. The van der Waals surface area contributed by atoms with Crippen molar-refractivity contribution in [3.8, 4) is 0 Å². The van der Waals surface area contributed by atoms with Gasteiger partial charge in [-0.15, -0.1) is 0 Å². The molecule has 0 radical (unpaired) electrons. The molecule has 1 aromatic heterocycles. The lowest BCUT2D eigenvalue weighted by atomic mass is 10.2. The quantitative estimate of drug-likeness (QED) is 0.573. The minimum atomic E-state index is -0.624. The Hall–Kier alpha value is -2.73. The molecule has 142 valence electrons. The van der Waals surface area contributed by atoms with Crippen LogP contribution in [0.1, 0.15) is 6.92 Å². The number of rotatable bonds is 6. The van der Waals surface area contributed by atoms with E-state index >= 15 is 0 Å². The van der Waals surface area contributed by atoms with Crippen LogP contribution in [0.3, 0.4) is 0 Å². The number of nitrogens with zero attached hydrogens (tertiary/aromatic N) is 3. The molecular weight excluding hydrogens is 399 g/mol. The Labute approximate surface area is 160 Å². The number of amides is 2. The highest BCUT2D eigenvalue weighted by Crippen LogP contribution is 2.36. The third kappa shape index (κ3) is 4.52. The van der Waals surface area contributed by atoms with Gasteiger partial charge < -0.3 is 10.1 Å². The maximum atomic E-state index is 14.4. The molecule has 1 atom stereocenters. The number of halogens is 1. The summed E-state index contributed by atoms with van der Waals surface area (Å²) >= 11 is 1.81. The SMILES string of the molecule is CC(=O)NC[C@H]1CN(c2ccc(Sc3ncc([N+](=O)[O-])s3)c(F)c2)C(=O)O1. The molecule has 12 heteroatoms. The molecule has 1 aromatic carbocycles. The van der Waals surface area contributed by atoms with E-state index in [1.165, 1.54) is 24.0 Å². The molecule has 1 fully saturated rings. The molecule has 0 bridgehead atoms. The summed E-state index contributed by atoms with van der Waals surface area (Å²) in [5.41, 5.74) is 0.317. The van der Waals surface area contributed by atoms with Gasteiger partial charge in [0.25, 0.3) is 0 Å². The van der Waals surface area contributed by atoms with Gasteiger partial charge in [0.05, 0.1) is 28.6 Å². The third-order valence-corrected chi connectivity index (χ3v) is 5.60. The van der Waals surface area contributed by atoms with Gasteiger partial charge in [0.15, 0.2) is 4.34 Å². The minimum absolute atomic E-state index is 0.125. The summed E-state index contributed by atoms with van der Waals surface area (Å²) < 4.78 is 19.9. The van der Waals surface area contributed by atoms with Crippen LogP contribution >= 0.6 is 23.1 Å². The lowest BCUT2D eigenvalue weighted by Crippen LogP contribution is -2.33. The lowest BCUT2D eigenvalue weighted by molar-refractivity contribution is -0.380. The Morgan fingerprint density at radius 2 is 2.37 bits per heavy atom. The van der Waals surface area contributed by atoms with Crippen molar-refractivity contribution >= 4 is 45.8 Å². The summed E-state index contributed by atoms with van der Waals surface area (Å²) in [7, 11) is 0. The number of nitrogens with one attached hydrogen (secondary N) is 1. The van der Waals surface area contributed by atoms with Gasteiger partial charge >= 0.3 is 11.1 Å². The van der Waals surface area contributed by atoms with E-state index in [2.05, 4.69) is 10.3 Å². The van der Waals surface area contributed by atoms with E-state index in [0.717, 1.165) is 29.3 Å². The van der Waals surface area contributed by atoms with Gasteiger partial charge in [-0.05, 0) is 29.5 Å². The smallest absolute Gasteiger partial charge is 0.414 e. The zero-order valence-electron chi connectivity index (χ0n) is 13.9. The van der Waals surface area contributed by atoms with Gasteiger partial charge in [-0.1, -0.05) is 11.8 Å². The second kappa shape index (κ2) is 7.88. The summed E-state index contributed by atoms with van der Waals surface area (Å²) in [6.45, 7) is 1.72. The summed E-state index contributed by atoms with van der Waals surface area (Å²) in [6.07, 6.45) is -0.0237. The topological polar surface area (TPSA) is 115 Å². The molecule has 1 saturated heterocycles. The van der Waals surface area contributed by atoms with Crippen molar-refractivity contribution in [2.45, 2.75) is 22.3 Å². The molecule has 1 aliphatic heterocycles. The minimum Gasteiger partial charge on any atom is -0.442 e. The summed E-state index contributed by atoms with van der Waals surface area (Å²) in [5, 5.41) is 13.1. The molecule has 0 unspecified atom stereocenters. The standard InChI is InChI=1S/C15H13FN4O5S2/c1-8(21)17-5-10-7-19(15(22)25-10)9-2-3-12(11(16)4-9)26-14-18-6-13(27-14)20(23)24/h2-4,6,10H,5,7H2,1H3,(H,17,21)/t10-/m0/s1. The molecule has 1 aliphatic rings. The first-order valence-corrected chi connectivity index (χ1v) is 9.27. The summed E-state index contributed by atoms with van der Waals surface area (Å²) in [6, 6.07) is 4.21. The van der Waals surface area contributed by atoms with Crippen molar-refractivity contribution in [1.82, 2.24) is 10.3 Å². The average molecular weight is 412 g/mol. The van der Waals surface area contributed by atoms with E-state index in [1.807, 2.05) is 0 Å². The number of thiazole rings is 1. The maximum absolute atomic E-state index is 14.4. The second-order valence-electron chi connectivity index (χ2n) is 5.49. The first-order valence-electron chi connectivity index (χ1n) is 7.63. The van der Waals surface area contributed by atoms with Crippen LogP contribution in [0.2, 0.25) is 0 Å². The second-order valence-corrected chi connectivity index (χ2v) is 7.79. The Bertz CT molecular complexity index is 906. The molecule has 3 rings (SSSR count). The largest absolute Gasteiger partial charge is 0.442 e. The van der Waals surface area contributed by atoms with Crippen molar-refractivity contribution in [2.75, 3.05) is 18.0 Å². The number of benzene rings is 1. The molecule has 9 nitrogen and oxygen atoms in total. The average Bonchev–Trinajstić information content (AvgIpc) is 3.21. The van der Waals surface area contributed by atoms with Gasteiger partial charge in [-0.3, -0.25) is 19.8 Å². The molecule has 2 aromatic rings. The van der Waals surface area contributed by atoms with Crippen molar-refractivity contribution in [1.29, 1.82) is 0 Å². The third-order valence-electron chi connectivity index (χ3n) is 3.53. The molecular formula is C15H13FN4O5S2. The fourth-order valence-electron chi connectivity index (χ4n) is 2.31. The highest BCUT2D eigenvalue weighted by atomic mass is 32.2. The lowest BCUT2D eigenvalue weighted by Gasteiger charge is -2.14. The van der Waals surface area contributed by atoms with Crippen molar-refractivity contribution in [2.24, 2.45) is 0 Å². The number of hydrogen-bond donors (Lipinski definition) is 1. The van der Waals surface area contributed by atoms with Crippen LogP contribution in [0.25, 0.3) is 0 Å². The van der Waals surface area contributed by atoms with E-state index in [0.29, 0.717) is 10.0 Å². The fraction of sp³-hybridized carbons (Fsp3) is 0.267. The maximum Gasteiger partial charge on any atom is 0.414 e. The van der Waals surface area contributed by atoms with E-state index in [-0.39, 0.29) is 28.9 Å². The Balaban J connectivity index is 1.69. The molecule has 27 heavy (non-hydrogen) atoms. The van der Waals surface area contributed by atoms with Crippen LogP contribution in [0.15, 0.2) is 33.6 Å². The number of carbonyl (C=O) groups excluding carboxylic acids is 2. The molecule has 0 spiro atoms. The number of ether oxygens (including phenoxy) is 1. The first kappa shape index (κ1) is 19.0. The Morgan fingerprint density at radius 1 is 1.59 bits per heavy atom. The van der Waals surface area contributed by atoms with Gasteiger partial charge in [-0.25, -0.2) is 14.2 Å². The van der Waals surface area contributed by atoms with Gasteiger partial charge in [0.1, 0.15) is 18.1 Å². The van der Waals surface area contributed by atoms with Crippen LogP contribution in [0, 0.1) is 15.9 Å². The van der Waals surface area contributed by atoms with E-state index in [4.69, 9.17) is 4.74 Å². The van der Waals surface area contributed by atoms with E-state index in [1.54, 1.807) is 6.07 Å².